The van der Waals surface area contributed by atoms with Gasteiger partial charge in [-0.25, -0.2) is 0 Å². The van der Waals surface area contributed by atoms with Gasteiger partial charge in [-0.3, -0.25) is 15.2 Å². The van der Waals surface area contributed by atoms with E-state index < -0.39 is 16.0 Å². The smallest absolute Gasteiger partial charge is 0.306 e. The van der Waals surface area contributed by atoms with Gasteiger partial charge in [0.25, 0.3) is 5.91 Å². The number of rotatable bonds is 4. The molecule has 0 spiro atoms. The Labute approximate surface area is 170 Å². The fourth-order valence-electron chi connectivity index (χ4n) is 2.56. The number of carbonyl (C=O) groups excluding carboxylic acids is 1. The minimum Gasteiger partial charge on any atom is -0.383 e. The monoisotopic (exact) mass is 427 g/mol. The number of aromatic nitrogens is 1. The first-order valence-electron chi connectivity index (χ1n) is 8.20. The first kappa shape index (κ1) is 19.0. The van der Waals surface area contributed by atoms with Gasteiger partial charge in [-0.15, -0.1) is 0 Å². The Morgan fingerprint density at radius 1 is 1.21 bits per heavy atom. The summed E-state index contributed by atoms with van der Waals surface area (Å²) in [4.78, 5) is 20.5. The third-order valence-electron chi connectivity index (χ3n) is 3.80. The third-order valence-corrected chi connectivity index (χ3v) is 5.25. The summed E-state index contributed by atoms with van der Waals surface area (Å²) >= 11 is 1.19. The van der Waals surface area contributed by atoms with Crippen molar-refractivity contribution in [2.45, 2.75) is 0 Å². The van der Waals surface area contributed by atoms with Gasteiger partial charge in [0.15, 0.2) is 5.84 Å². The minimum absolute atomic E-state index is 0.0716. The summed E-state index contributed by atoms with van der Waals surface area (Å²) < 4.78 is 27.1. The molecule has 1 aromatic carbocycles. The molecule has 0 saturated heterocycles. The molecule has 0 unspecified atom stereocenters. The molecule has 2 aliphatic rings. The van der Waals surface area contributed by atoms with Gasteiger partial charge in [-0.1, -0.05) is 12.1 Å². The molecule has 4 rings (SSSR count). The fourth-order valence-corrected chi connectivity index (χ4v) is 3.90. The number of carbonyl (C=O) groups is 1. The van der Waals surface area contributed by atoms with Crippen LogP contribution in [0.25, 0.3) is 6.08 Å². The number of pyridine rings is 1. The van der Waals surface area contributed by atoms with Crippen LogP contribution in [0.1, 0.15) is 11.1 Å². The van der Waals surface area contributed by atoms with E-state index in [2.05, 4.69) is 15.1 Å². The topological polar surface area (TPSA) is 125 Å². The molecule has 0 bridgehead atoms. The largest absolute Gasteiger partial charge is 0.383 e. The maximum atomic E-state index is 12.4. The molecule has 1 aromatic heterocycles. The number of aliphatic imine (C=N–C) groups is 1. The van der Waals surface area contributed by atoms with Gasteiger partial charge in [-0.05, 0) is 47.7 Å². The highest BCUT2D eigenvalue weighted by Gasteiger charge is 2.36. The Bertz CT molecular complexity index is 1200. The summed E-state index contributed by atoms with van der Waals surface area (Å²) in [7, 11) is -3.62. The van der Waals surface area contributed by atoms with Crippen LogP contribution in [0.3, 0.4) is 0 Å². The number of amides is 1. The van der Waals surface area contributed by atoms with Crippen molar-refractivity contribution < 1.29 is 17.4 Å². The maximum absolute atomic E-state index is 12.4. The van der Waals surface area contributed by atoms with Crippen molar-refractivity contribution >= 4 is 49.9 Å². The standard InChI is InChI=1S/C18H13N5O4S2/c1-29(25,26)27-13-6-4-11(5-7-13)9-14-15(19)23-18(21-16(14)24)28-17(22-23)12-3-2-8-20-10-12/h2-10,19H,1H3/b14-9-,19-15?. The SMILES string of the molecule is CS(=O)(=O)Oc1ccc(/C=C2/C(=N)N3N=C(c4cccnc4)SC3=NC2=O)cc1. The number of fused-ring (bicyclic) bond motifs is 1. The minimum atomic E-state index is -3.62. The van der Waals surface area contributed by atoms with Gasteiger partial charge >= 0.3 is 10.1 Å². The van der Waals surface area contributed by atoms with Crippen LogP contribution in [-0.4, -0.2) is 46.6 Å². The Kier molecular flexibility index (Phi) is 4.76. The number of hydrogen-bond donors (Lipinski definition) is 1. The van der Waals surface area contributed by atoms with Crippen molar-refractivity contribution in [3.63, 3.8) is 0 Å². The van der Waals surface area contributed by atoms with Crippen LogP contribution in [0.2, 0.25) is 0 Å². The second kappa shape index (κ2) is 7.26. The third kappa shape index (κ3) is 4.10. The number of thioether (sulfide) groups is 1. The second-order valence-corrected chi connectivity index (χ2v) is 8.55. The van der Waals surface area contributed by atoms with Crippen LogP contribution < -0.4 is 4.18 Å². The van der Waals surface area contributed by atoms with E-state index in [1.807, 2.05) is 6.07 Å². The van der Waals surface area contributed by atoms with Crippen molar-refractivity contribution in [1.82, 2.24) is 9.99 Å². The maximum Gasteiger partial charge on any atom is 0.306 e. The number of benzene rings is 1. The van der Waals surface area contributed by atoms with E-state index in [9.17, 15) is 13.2 Å². The molecule has 1 amide bonds. The van der Waals surface area contributed by atoms with Gasteiger partial charge in [0.2, 0.25) is 5.17 Å². The molecule has 0 aliphatic carbocycles. The molecule has 2 aromatic rings. The molecule has 11 heteroatoms. The van der Waals surface area contributed by atoms with Crippen molar-refractivity contribution in [3.05, 3.63) is 65.5 Å². The fraction of sp³-hybridized carbons (Fsp3) is 0.0556. The number of nitrogens with zero attached hydrogens (tertiary/aromatic N) is 4. The Balaban J connectivity index is 1.61. The molecule has 2 aliphatic heterocycles. The Morgan fingerprint density at radius 2 is 1.97 bits per heavy atom. The lowest BCUT2D eigenvalue weighted by Crippen LogP contribution is -2.35. The van der Waals surface area contributed by atoms with Crippen molar-refractivity contribution in [2.24, 2.45) is 10.1 Å². The predicted octanol–water partition coefficient (Wildman–Crippen LogP) is 2.09. The zero-order chi connectivity index (χ0) is 20.6. The quantitative estimate of drug-likeness (QED) is 0.585. The lowest BCUT2D eigenvalue weighted by atomic mass is 10.1. The van der Waals surface area contributed by atoms with Crippen molar-refractivity contribution in [3.8, 4) is 5.75 Å². The van der Waals surface area contributed by atoms with Crippen LogP contribution in [0.4, 0.5) is 0 Å². The highest BCUT2D eigenvalue weighted by atomic mass is 32.2. The first-order valence-corrected chi connectivity index (χ1v) is 10.8. The summed E-state index contributed by atoms with van der Waals surface area (Å²) in [5.74, 6) is -0.489. The lowest BCUT2D eigenvalue weighted by Gasteiger charge is -2.20. The molecule has 29 heavy (non-hydrogen) atoms. The van der Waals surface area contributed by atoms with Crippen molar-refractivity contribution in [2.75, 3.05) is 6.26 Å². The zero-order valence-corrected chi connectivity index (χ0v) is 16.6. The van der Waals surface area contributed by atoms with Gasteiger partial charge in [0.05, 0.1) is 11.8 Å². The van der Waals surface area contributed by atoms with E-state index in [4.69, 9.17) is 9.59 Å². The molecule has 0 radical (unpaired) electrons. The zero-order valence-electron chi connectivity index (χ0n) is 14.9. The van der Waals surface area contributed by atoms with Gasteiger partial charge in [0.1, 0.15) is 10.8 Å². The number of hydrazone groups is 1. The summed E-state index contributed by atoms with van der Waals surface area (Å²) in [6.07, 6.45) is 5.74. The molecule has 146 valence electrons. The van der Waals surface area contributed by atoms with Crippen LogP contribution in [-0.2, 0) is 14.9 Å². The lowest BCUT2D eigenvalue weighted by molar-refractivity contribution is -0.114. The highest BCUT2D eigenvalue weighted by molar-refractivity contribution is 8.27. The Hall–Kier alpha value is -3.31. The average Bonchev–Trinajstić information content (AvgIpc) is 3.10. The second-order valence-electron chi connectivity index (χ2n) is 6.02. The summed E-state index contributed by atoms with van der Waals surface area (Å²) in [6.45, 7) is 0. The summed E-state index contributed by atoms with van der Waals surface area (Å²) in [5, 5.41) is 15.0. The molecule has 0 saturated carbocycles. The van der Waals surface area contributed by atoms with Crippen LogP contribution >= 0.6 is 11.8 Å². The summed E-state index contributed by atoms with van der Waals surface area (Å²) in [5.41, 5.74) is 1.42. The van der Waals surface area contributed by atoms with Crippen LogP contribution in [0.5, 0.6) is 5.75 Å². The predicted molar refractivity (Wildman–Crippen MR) is 110 cm³/mol. The number of hydrogen-bond acceptors (Lipinski definition) is 8. The van der Waals surface area contributed by atoms with Crippen LogP contribution in [0.15, 0.2) is 64.5 Å². The van der Waals surface area contributed by atoms with Gasteiger partial charge < -0.3 is 4.18 Å². The molecule has 0 atom stereocenters. The van der Waals surface area contributed by atoms with E-state index >= 15 is 0 Å². The van der Waals surface area contributed by atoms with E-state index in [1.165, 1.54) is 35.0 Å². The molecule has 9 nitrogen and oxygen atoms in total. The molecule has 3 heterocycles. The van der Waals surface area contributed by atoms with E-state index in [0.29, 0.717) is 15.8 Å². The number of nitrogens with one attached hydrogen (secondary N) is 1. The molecular weight excluding hydrogens is 414 g/mol. The van der Waals surface area contributed by atoms with Crippen LogP contribution in [0, 0.1) is 5.41 Å². The average molecular weight is 427 g/mol. The Morgan fingerprint density at radius 3 is 2.62 bits per heavy atom. The highest BCUT2D eigenvalue weighted by Crippen LogP contribution is 2.30. The van der Waals surface area contributed by atoms with E-state index in [-0.39, 0.29) is 17.2 Å². The van der Waals surface area contributed by atoms with E-state index in [1.54, 1.807) is 30.6 Å². The number of amidine groups is 2. The first-order chi connectivity index (χ1) is 13.8. The molecule has 0 fully saturated rings. The van der Waals surface area contributed by atoms with Crippen molar-refractivity contribution in [1.29, 1.82) is 5.41 Å². The summed E-state index contributed by atoms with van der Waals surface area (Å²) in [6, 6.07) is 9.69. The van der Waals surface area contributed by atoms with Gasteiger partial charge in [-0.2, -0.15) is 23.5 Å². The van der Waals surface area contributed by atoms with E-state index in [0.717, 1.165) is 11.8 Å². The molecule has 1 N–H and O–H groups in total. The molecular formula is C18H13N5O4S2. The van der Waals surface area contributed by atoms with Gasteiger partial charge in [0, 0.05) is 18.0 Å². The normalized spacial score (nSPS) is 17.8.